The first kappa shape index (κ1) is 28.0. The normalized spacial score (nSPS) is 19.2. The molecule has 1 aliphatic heterocycles. The fourth-order valence-electron chi connectivity index (χ4n) is 6.63. The third kappa shape index (κ3) is 6.43. The Morgan fingerprint density at radius 1 is 0.884 bits per heavy atom. The highest BCUT2D eigenvalue weighted by molar-refractivity contribution is 7.22. The maximum atomic E-state index is 10.2. The van der Waals surface area contributed by atoms with Crippen molar-refractivity contribution in [1.29, 1.82) is 0 Å². The third-order valence-electron chi connectivity index (χ3n) is 8.94. The van der Waals surface area contributed by atoms with Gasteiger partial charge in [-0.15, -0.1) is 11.3 Å². The van der Waals surface area contributed by atoms with E-state index < -0.39 is 0 Å². The average molecular weight is 594 g/mol. The van der Waals surface area contributed by atoms with Gasteiger partial charge in [-0.3, -0.25) is 4.90 Å². The van der Waals surface area contributed by atoms with Gasteiger partial charge in [0.15, 0.2) is 0 Å². The van der Waals surface area contributed by atoms with Crippen LogP contribution in [-0.2, 0) is 6.42 Å². The highest BCUT2D eigenvalue weighted by atomic mass is 32.1. The van der Waals surface area contributed by atoms with Gasteiger partial charge in [-0.05, 0) is 128 Å². The SMILES string of the molecule is Oc1ccc2c(Cc3ccc(OC4CCCCC4n4ccnc4)cc3)c(-c3ccc(OCCN4CCCC4)cc3)sc2c1. The Morgan fingerprint density at radius 3 is 2.47 bits per heavy atom. The molecule has 2 fully saturated rings. The number of aromatic hydroxyl groups is 1. The van der Waals surface area contributed by atoms with Crippen LogP contribution in [0.5, 0.6) is 17.2 Å². The molecule has 0 amide bonds. The molecule has 7 heteroatoms. The number of phenols is 1. The molecule has 3 aromatic carbocycles. The van der Waals surface area contributed by atoms with Crippen molar-refractivity contribution >= 4 is 21.4 Å². The predicted octanol–water partition coefficient (Wildman–Crippen LogP) is 8.10. The van der Waals surface area contributed by atoms with Crippen LogP contribution in [0.25, 0.3) is 20.5 Å². The Hall–Kier alpha value is -3.81. The van der Waals surface area contributed by atoms with E-state index in [0.29, 0.717) is 11.8 Å². The molecule has 1 aliphatic carbocycles. The molecule has 1 saturated heterocycles. The summed E-state index contributed by atoms with van der Waals surface area (Å²) in [6.07, 6.45) is 14.0. The van der Waals surface area contributed by atoms with Gasteiger partial charge < -0.3 is 19.1 Å². The van der Waals surface area contributed by atoms with Crippen LogP contribution in [0.15, 0.2) is 85.5 Å². The van der Waals surface area contributed by atoms with E-state index in [1.165, 1.54) is 65.7 Å². The number of benzene rings is 3. The number of phenolic OH excluding ortho intramolecular Hbond substituents is 1. The van der Waals surface area contributed by atoms with E-state index in [1.807, 2.05) is 30.9 Å². The van der Waals surface area contributed by atoms with E-state index in [-0.39, 0.29) is 6.10 Å². The lowest BCUT2D eigenvalue weighted by atomic mass is 9.92. The smallest absolute Gasteiger partial charge is 0.119 e. The number of thiophene rings is 1. The second kappa shape index (κ2) is 12.8. The van der Waals surface area contributed by atoms with Crippen LogP contribution in [0, 0.1) is 0 Å². The Balaban J connectivity index is 1.08. The number of hydrogen-bond donors (Lipinski definition) is 1. The first-order chi connectivity index (χ1) is 21.2. The van der Waals surface area contributed by atoms with Crippen molar-refractivity contribution in [3.63, 3.8) is 0 Å². The maximum Gasteiger partial charge on any atom is 0.119 e. The summed E-state index contributed by atoms with van der Waals surface area (Å²) in [6.45, 7) is 4.09. The minimum absolute atomic E-state index is 0.154. The fourth-order valence-corrected chi connectivity index (χ4v) is 7.89. The molecule has 222 valence electrons. The lowest BCUT2D eigenvalue weighted by Crippen LogP contribution is -2.32. The van der Waals surface area contributed by atoms with Gasteiger partial charge in [-0.25, -0.2) is 4.98 Å². The van der Waals surface area contributed by atoms with Gasteiger partial charge >= 0.3 is 0 Å². The molecule has 2 aromatic heterocycles. The first-order valence-electron chi connectivity index (χ1n) is 15.6. The molecule has 0 bridgehead atoms. The van der Waals surface area contributed by atoms with E-state index in [0.717, 1.165) is 48.6 Å². The minimum Gasteiger partial charge on any atom is -0.508 e. The summed E-state index contributed by atoms with van der Waals surface area (Å²) in [5, 5.41) is 11.4. The quantitative estimate of drug-likeness (QED) is 0.177. The van der Waals surface area contributed by atoms with E-state index in [1.54, 1.807) is 17.4 Å². The Kier molecular flexibility index (Phi) is 8.34. The van der Waals surface area contributed by atoms with Crippen molar-refractivity contribution in [2.45, 2.75) is 57.1 Å². The van der Waals surface area contributed by atoms with E-state index in [2.05, 4.69) is 63.0 Å². The molecular formula is C36H39N3O3S. The van der Waals surface area contributed by atoms with Crippen LogP contribution >= 0.6 is 11.3 Å². The maximum absolute atomic E-state index is 10.2. The molecule has 7 rings (SSSR count). The number of fused-ring (bicyclic) bond motifs is 1. The molecule has 3 heterocycles. The topological polar surface area (TPSA) is 59.8 Å². The molecule has 2 atom stereocenters. The molecule has 0 radical (unpaired) electrons. The van der Waals surface area contributed by atoms with Gasteiger partial charge in [0.2, 0.25) is 0 Å². The predicted molar refractivity (Wildman–Crippen MR) is 173 cm³/mol. The molecule has 0 spiro atoms. The van der Waals surface area contributed by atoms with E-state index >= 15 is 0 Å². The number of ether oxygens (including phenoxy) is 2. The monoisotopic (exact) mass is 593 g/mol. The van der Waals surface area contributed by atoms with Crippen LogP contribution < -0.4 is 9.47 Å². The first-order valence-corrected chi connectivity index (χ1v) is 16.4. The van der Waals surface area contributed by atoms with Crippen LogP contribution in [0.1, 0.15) is 55.7 Å². The molecule has 2 unspecified atom stereocenters. The van der Waals surface area contributed by atoms with Crippen LogP contribution in [0.4, 0.5) is 0 Å². The summed E-state index contributed by atoms with van der Waals surface area (Å²) in [6, 6.07) is 23.1. The van der Waals surface area contributed by atoms with Crippen molar-refractivity contribution in [2.75, 3.05) is 26.2 Å². The van der Waals surface area contributed by atoms with Crippen molar-refractivity contribution < 1.29 is 14.6 Å². The largest absolute Gasteiger partial charge is 0.508 e. The summed E-state index contributed by atoms with van der Waals surface area (Å²) >= 11 is 1.74. The second-order valence-corrected chi connectivity index (χ2v) is 12.9. The van der Waals surface area contributed by atoms with Gasteiger partial charge in [-0.2, -0.15) is 0 Å². The van der Waals surface area contributed by atoms with Gasteiger partial charge in [0.25, 0.3) is 0 Å². The summed E-state index contributed by atoms with van der Waals surface area (Å²) in [5.74, 6) is 2.13. The van der Waals surface area contributed by atoms with Crippen molar-refractivity contribution in [1.82, 2.24) is 14.5 Å². The zero-order chi connectivity index (χ0) is 29.0. The van der Waals surface area contributed by atoms with Crippen molar-refractivity contribution in [2.24, 2.45) is 0 Å². The molecular weight excluding hydrogens is 554 g/mol. The molecule has 5 aromatic rings. The molecule has 1 saturated carbocycles. The zero-order valence-corrected chi connectivity index (χ0v) is 25.3. The van der Waals surface area contributed by atoms with Crippen molar-refractivity contribution in [3.8, 4) is 27.7 Å². The van der Waals surface area contributed by atoms with Crippen molar-refractivity contribution in [3.05, 3.63) is 96.6 Å². The molecule has 43 heavy (non-hydrogen) atoms. The van der Waals surface area contributed by atoms with Crippen LogP contribution in [-0.4, -0.2) is 51.9 Å². The Bertz CT molecular complexity index is 1620. The molecule has 1 N–H and O–H groups in total. The van der Waals surface area contributed by atoms with Gasteiger partial charge in [0, 0.05) is 28.5 Å². The number of imidazole rings is 1. The average Bonchev–Trinajstić information content (AvgIpc) is 3.82. The summed E-state index contributed by atoms with van der Waals surface area (Å²) in [4.78, 5) is 7.96. The molecule has 6 nitrogen and oxygen atoms in total. The number of rotatable bonds is 10. The van der Waals surface area contributed by atoms with Gasteiger partial charge in [-0.1, -0.05) is 18.6 Å². The van der Waals surface area contributed by atoms with E-state index in [4.69, 9.17) is 9.47 Å². The number of nitrogens with zero attached hydrogens (tertiary/aromatic N) is 3. The summed E-state index contributed by atoms with van der Waals surface area (Å²) < 4.78 is 15.9. The number of hydrogen-bond acceptors (Lipinski definition) is 6. The van der Waals surface area contributed by atoms with Crippen LogP contribution in [0.3, 0.4) is 0 Å². The number of likely N-dealkylation sites (tertiary alicyclic amines) is 1. The Morgan fingerprint density at radius 2 is 1.67 bits per heavy atom. The van der Waals surface area contributed by atoms with Gasteiger partial charge in [0.05, 0.1) is 12.4 Å². The van der Waals surface area contributed by atoms with E-state index in [9.17, 15) is 5.11 Å². The van der Waals surface area contributed by atoms with Gasteiger partial charge in [0.1, 0.15) is 30.0 Å². The third-order valence-corrected chi connectivity index (χ3v) is 10.2. The summed E-state index contributed by atoms with van der Waals surface area (Å²) in [5.41, 5.74) is 3.69. The highest BCUT2D eigenvalue weighted by Gasteiger charge is 2.28. The molecule has 2 aliphatic rings. The zero-order valence-electron chi connectivity index (χ0n) is 24.5. The van der Waals surface area contributed by atoms with Crippen LogP contribution in [0.2, 0.25) is 0 Å². The number of aromatic nitrogens is 2. The lowest BCUT2D eigenvalue weighted by molar-refractivity contribution is 0.0977. The Labute approximate surface area is 257 Å². The minimum atomic E-state index is 0.154. The fraction of sp³-hybridized carbons (Fsp3) is 0.361. The highest BCUT2D eigenvalue weighted by Crippen LogP contribution is 2.42. The second-order valence-electron chi connectivity index (χ2n) is 11.9. The standard InChI is InChI=1S/C36H39N3O3S/c40-28-11-16-31-32(23-26-7-12-30(13-8-26)42-34-6-2-1-5-33(34)39-20-17-37-25-39)36(43-35(31)24-28)27-9-14-29(15-10-27)41-22-21-38-18-3-4-19-38/h7-17,20,24-25,33-34,40H,1-6,18-19,21-23H2. The summed E-state index contributed by atoms with van der Waals surface area (Å²) in [7, 11) is 0. The lowest BCUT2D eigenvalue weighted by Gasteiger charge is -2.32.